The molecule has 0 saturated heterocycles. The fraction of sp³-hybridized carbons (Fsp3) is 0.141. The van der Waals surface area contributed by atoms with E-state index in [1.807, 2.05) is 255 Å². The van der Waals surface area contributed by atoms with Crippen LogP contribution in [0.2, 0.25) is 0 Å². The second-order valence-corrected chi connectivity index (χ2v) is 21.4. The van der Waals surface area contributed by atoms with Crippen molar-refractivity contribution in [1.82, 2.24) is 0 Å². The molecule has 10 heteroatoms. The minimum atomic E-state index is -0.964. The summed E-state index contributed by atoms with van der Waals surface area (Å²) in [5.41, 5.74) is 10.2. The minimum Gasteiger partial charge on any atom is -0.488 e. The van der Waals surface area contributed by atoms with Crippen molar-refractivity contribution < 1.29 is 47.4 Å². The van der Waals surface area contributed by atoms with Gasteiger partial charge in [-0.15, -0.1) is 0 Å². The third-order valence-electron chi connectivity index (χ3n) is 15.1. The monoisotopic (exact) mass is 1160 g/mol. The summed E-state index contributed by atoms with van der Waals surface area (Å²) in [7, 11) is 0. The van der Waals surface area contributed by atoms with Crippen molar-refractivity contribution in [3.63, 3.8) is 0 Å². The van der Waals surface area contributed by atoms with Crippen LogP contribution >= 0.6 is 0 Å². The van der Waals surface area contributed by atoms with E-state index in [-0.39, 0.29) is 45.0 Å². The van der Waals surface area contributed by atoms with Crippen LogP contribution in [0, 0.1) is 0 Å². The Bertz CT molecular complexity index is 3920. The standard InChI is InChI=1S/C78H66O10/c79-78(65-45-72(84-53-61-35-19-6-20-36-61)77(86-55-63-39-23-8-24-40-63)73(46-65)85-54-62-37-21-7-22-38-62)87-74-47-67-70(82-51-59-31-15-4-16-32-59)48-69(81-50-58-29-13-3-14-30-58)66(43-56-25-9-1-10-26-56)76(67)88-75(74)64-41-42-68(80-49-57-27-11-2-12-28-57)71(44-64)83-52-60-33-17-5-18-34-60/h1-42,44-46,48,74-75H,43,47,49-55H2/t74-,75-/m1/s1. The number of benzene rings is 11. The lowest BCUT2D eigenvalue weighted by molar-refractivity contribution is -0.0194. The summed E-state index contributed by atoms with van der Waals surface area (Å²) >= 11 is 0. The number of hydrogen-bond donors (Lipinski definition) is 0. The molecule has 0 aliphatic carbocycles. The van der Waals surface area contributed by atoms with E-state index in [1.165, 1.54) is 0 Å². The van der Waals surface area contributed by atoms with Crippen molar-refractivity contribution in [2.75, 3.05) is 0 Å². The maximum Gasteiger partial charge on any atom is 0.338 e. The van der Waals surface area contributed by atoms with Crippen LogP contribution in [0.25, 0.3) is 0 Å². The third-order valence-corrected chi connectivity index (χ3v) is 15.1. The van der Waals surface area contributed by atoms with Crippen LogP contribution in [0.4, 0.5) is 0 Å². The largest absolute Gasteiger partial charge is 0.488 e. The summed E-state index contributed by atoms with van der Waals surface area (Å²) in [6, 6.07) is 91.0. The first-order valence-electron chi connectivity index (χ1n) is 29.6. The lowest BCUT2D eigenvalue weighted by Gasteiger charge is -2.36. The highest BCUT2D eigenvalue weighted by atomic mass is 16.6. The first-order chi connectivity index (χ1) is 43.5. The molecular formula is C78H66O10. The molecule has 0 bridgehead atoms. The van der Waals surface area contributed by atoms with Gasteiger partial charge in [0.2, 0.25) is 5.75 Å². The summed E-state index contributed by atoms with van der Waals surface area (Å²) in [4.78, 5) is 15.6. The van der Waals surface area contributed by atoms with Crippen LogP contribution < -0.4 is 37.9 Å². The summed E-state index contributed by atoms with van der Waals surface area (Å²) in [6.07, 6.45) is -1.25. The predicted molar refractivity (Wildman–Crippen MR) is 340 cm³/mol. The molecule has 12 rings (SSSR count). The van der Waals surface area contributed by atoms with Crippen molar-refractivity contribution in [3.8, 4) is 46.0 Å². The molecule has 11 aromatic rings. The Hall–Kier alpha value is -10.7. The summed E-state index contributed by atoms with van der Waals surface area (Å²) in [5.74, 6) is 3.02. The SMILES string of the molecule is O=C(O[C@@H]1Cc2c(OCc3ccccc3)cc(OCc3ccccc3)c(Cc3ccccc3)c2O[C@@H]1c1ccc(OCc2ccccc2)c(OCc2ccccc2)c1)c1cc(OCc2ccccc2)c(OCc2ccccc2)c(OCc2ccccc2)c1. The molecule has 0 N–H and O–H groups in total. The molecule has 0 unspecified atom stereocenters. The highest BCUT2D eigenvalue weighted by Gasteiger charge is 2.40. The summed E-state index contributed by atoms with van der Waals surface area (Å²) < 4.78 is 61.5. The Balaban J connectivity index is 0.983. The van der Waals surface area contributed by atoms with E-state index in [1.54, 1.807) is 12.1 Å². The molecule has 0 spiro atoms. The van der Waals surface area contributed by atoms with Gasteiger partial charge in [0, 0.05) is 35.6 Å². The zero-order chi connectivity index (χ0) is 59.5. The molecule has 10 nitrogen and oxygen atoms in total. The average molecular weight is 1160 g/mol. The van der Waals surface area contributed by atoms with E-state index in [2.05, 4.69) is 12.1 Å². The van der Waals surface area contributed by atoms with E-state index in [9.17, 15) is 0 Å². The summed E-state index contributed by atoms with van der Waals surface area (Å²) in [5, 5.41) is 0. The van der Waals surface area contributed by atoms with Crippen molar-refractivity contribution in [2.24, 2.45) is 0 Å². The quantitative estimate of drug-likeness (QED) is 0.0487. The second-order valence-electron chi connectivity index (χ2n) is 21.4. The zero-order valence-corrected chi connectivity index (χ0v) is 48.7. The van der Waals surface area contributed by atoms with Gasteiger partial charge in [-0.05, 0) is 68.8 Å². The molecule has 0 aromatic heterocycles. The number of esters is 1. The van der Waals surface area contributed by atoms with E-state index in [0.717, 1.165) is 55.6 Å². The van der Waals surface area contributed by atoms with Gasteiger partial charge in [-0.1, -0.05) is 249 Å². The second kappa shape index (κ2) is 28.9. The fourth-order valence-corrected chi connectivity index (χ4v) is 10.5. The normalized spacial score (nSPS) is 13.2. The average Bonchev–Trinajstić information content (AvgIpc) is 1.77. The number of ether oxygens (including phenoxy) is 9. The van der Waals surface area contributed by atoms with Gasteiger partial charge < -0.3 is 42.6 Å². The van der Waals surface area contributed by atoms with Crippen LogP contribution in [-0.2, 0) is 63.8 Å². The minimum absolute atomic E-state index is 0.175. The van der Waals surface area contributed by atoms with Gasteiger partial charge in [-0.25, -0.2) is 4.79 Å². The lowest BCUT2D eigenvalue weighted by atomic mass is 9.90. The Kier molecular flexibility index (Phi) is 19.0. The number of carbonyl (C=O) groups is 1. The Morgan fingerprint density at radius 1 is 0.341 bits per heavy atom. The van der Waals surface area contributed by atoms with Crippen LogP contribution in [0.1, 0.15) is 77.7 Å². The topological polar surface area (TPSA) is 100 Å². The van der Waals surface area contributed by atoms with Gasteiger partial charge in [0.05, 0.1) is 5.56 Å². The smallest absolute Gasteiger partial charge is 0.338 e. The van der Waals surface area contributed by atoms with Crippen LogP contribution in [-0.4, -0.2) is 12.1 Å². The van der Waals surface area contributed by atoms with Gasteiger partial charge in [0.15, 0.2) is 29.1 Å². The first kappa shape index (κ1) is 57.7. The molecule has 0 fully saturated rings. The van der Waals surface area contributed by atoms with Crippen molar-refractivity contribution in [1.29, 1.82) is 0 Å². The Labute approximate surface area is 514 Å². The molecule has 88 heavy (non-hydrogen) atoms. The highest BCUT2D eigenvalue weighted by Crippen LogP contribution is 2.50. The zero-order valence-electron chi connectivity index (χ0n) is 48.7. The molecule has 2 atom stereocenters. The third kappa shape index (κ3) is 15.2. The number of hydrogen-bond acceptors (Lipinski definition) is 10. The molecule has 0 saturated carbocycles. The maximum atomic E-state index is 15.6. The molecule has 1 aliphatic heterocycles. The van der Waals surface area contributed by atoms with E-state index >= 15 is 4.79 Å². The number of fused-ring (bicyclic) bond motifs is 1. The van der Waals surface area contributed by atoms with Gasteiger partial charge in [-0.3, -0.25) is 0 Å². The highest BCUT2D eigenvalue weighted by molar-refractivity contribution is 5.91. The van der Waals surface area contributed by atoms with Crippen molar-refractivity contribution >= 4 is 5.97 Å². The van der Waals surface area contributed by atoms with Crippen LogP contribution in [0.5, 0.6) is 46.0 Å². The molecule has 11 aromatic carbocycles. The maximum absolute atomic E-state index is 15.6. The van der Waals surface area contributed by atoms with E-state index < -0.39 is 18.2 Å². The van der Waals surface area contributed by atoms with Crippen LogP contribution in [0.3, 0.4) is 0 Å². The lowest BCUT2D eigenvalue weighted by Crippen LogP contribution is -2.35. The van der Waals surface area contributed by atoms with E-state index in [4.69, 9.17) is 42.6 Å². The van der Waals surface area contributed by atoms with Gasteiger partial charge in [0.1, 0.15) is 69.6 Å². The molecule has 438 valence electrons. The predicted octanol–water partition coefficient (Wildman–Crippen LogP) is 17.2. The van der Waals surface area contributed by atoms with Gasteiger partial charge >= 0.3 is 5.97 Å². The fourth-order valence-electron chi connectivity index (χ4n) is 10.5. The van der Waals surface area contributed by atoms with Gasteiger partial charge in [0.25, 0.3) is 0 Å². The van der Waals surface area contributed by atoms with Gasteiger partial charge in [-0.2, -0.15) is 0 Å². The molecular weight excluding hydrogens is 1100 g/mol. The molecule has 1 aliphatic rings. The molecule has 0 amide bonds. The summed E-state index contributed by atoms with van der Waals surface area (Å²) in [6.45, 7) is 1.69. The Morgan fingerprint density at radius 2 is 0.693 bits per heavy atom. The number of rotatable bonds is 26. The van der Waals surface area contributed by atoms with Crippen molar-refractivity contribution in [3.05, 3.63) is 346 Å². The molecule has 0 radical (unpaired) electrons. The molecule has 1 heterocycles. The van der Waals surface area contributed by atoms with Crippen LogP contribution in [0.15, 0.2) is 279 Å². The first-order valence-corrected chi connectivity index (χ1v) is 29.6. The van der Waals surface area contributed by atoms with Crippen molar-refractivity contribution in [2.45, 2.75) is 71.3 Å². The van der Waals surface area contributed by atoms with E-state index in [0.29, 0.717) is 71.2 Å². The number of carbonyl (C=O) groups excluding carboxylic acids is 1. The Morgan fingerprint density at radius 3 is 1.11 bits per heavy atom.